The van der Waals surface area contributed by atoms with E-state index in [2.05, 4.69) is 26.5 Å². The van der Waals surface area contributed by atoms with Crippen LogP contribution < -0.4 is 4.74 Å². The van der Waals surface area contributed by atoms with E-state index in [0.717, 1.165) is 17.3 Å². The maximum absolute atomic E-state index is 5.49. The Bertz CT molecular complexity index is 228. The highest BCUT2D eigenvalue weighted by atomic mass is 32.1. The molecule has 0 amide bonds. The van der Waals surface area contributed by atoms with Gasteiger partial charge in [-0.1, -0.05) is 13.8 Å². The first-order valence-corrected chi connectivity index (χ1v) is 4.55. The van der Waals surface area contributed by atoms with E-state index < -0.39 is 0 Å². The van der Waals surface area contributed by atoms with E-state index in [4.69, 9.17) is 4.74 Å². The molecule has 0 radical (unpaired) electrons. The van der Waals surface area contributed by atoms with E-state index in [0.29, 0.717) is 5.92 Å². The molecule has 0 heterocycles. The van der Waals surface area contributed by atoms with Gasteiger partial charge in [-0.25, -0.2) is 0 Å². The normalized spacial score (nSPS) is 10.3. The summed E-state index contributed by atoms with van der Waals surface area (Å²) in [7, 11) is 0. The van der Waals surface area contributed by atoms with Gasteiger partial charge in [0.15, 0.2) is 0 Å². The second-order valence-corrected chi connectivity index (χ2v) is 3.72. The van der Waals surface area contributed by atoms with Gasteiger partial charge < -0.3 is 4.74 Å². The number of ether oxygens (including phenoxy) is 1. The number of thiol groups is 1. The molecule has 0 aliphatic rings. The average molecular weight is 182 g/mol. The predicted molar refractivity (Wildman–Crippen MR) is 54.0 cm³/mol. The highest BCUT2D eigenvalue weighted by Gasteiger charge is 1.95. The minimum absolute atomic E-state index is 0.570. The molecule has 12 heavy (non-hydrogen) atoms. The maximum atomic E-state index is 5.49. The van der Waals surface area contributed by atoms with E-state index >= 15 is 0 Å². The molecular formula is C10H14OS. The zero-order valence-corrected chi connectivity index (χ0v) is 8.34. The number of hydrogen-bond acceptors (Lipinski definition) is 2. The molecule has 0 N–H and O–H groups in total. The van der Waals surface area contributed by atoms with Crippen molar-refractivity contribution in [3.05, 3.63) is 24.3 Å². The summed E-state index contributed by atoms with van der Waals surface area (Å²) in [6.07, 6.45) is 0. The van der Waals surface area contributed by atoms with Gasteiger partial charge in [0.05, 0.1) is 6.61 Å². The van der Waals surface area contributed by atoms with Crippen molar-refractivity contribution in [2.24, 2.45) is 5.92 Å². The summed E-state index contributed by atoms with van der Waals surface area (Å²) >= 11 is 4.18. The third kappa shape index (κ3) is 3.18. The lowest BCUT2D eigenvalue weighted by Gasteiger charge is -2.07. The Hall–Kier alpha value is -0.630. The first-order chi connectivity index (χ1) is 5.68. The van der Waals surface area contributed by atoms with Gasteiger partial charge in [-0.15, -0.1) is 12.6 Å². The summed E-state index contributed by atoms with van der Waals surface area (Å²) < 4.78 is 5.49. The molecule has 1 aromatic rings. The zero-order chi connectivity index (χ0) is 8.97. The van der Waals surface area contributed by atoms with E-state index in [1.54, 1.807) is 0 Å². The second kappa shape index (κ2) is 4.41. The molecule has 0 unspecified atom stereocenters. The van der Waals surface area contributed by atoms with Crippen LogP contribution in [-0.4, -0.2) is 6.61 Å². The molecule has 0 saturated heterocycles. The van der Waals surface area contributed by atoms with E-state index in [1.807, 2.05) is 24.3 Å². The number of hydrogen-bond donors (Lipinski definition) is 1. The summed E-state index contributed by atoms with van der Waals surface area (Å²) in [5, 5.41) is 0. The highest BCUT2D eigenvalue weighted by molar-refractivity contribution is 7.80. The van der Waals surface area contributed by atoms with Crippen LogP contribution in [0.5, 0.6) is 5.75 Å². The highest BCUT2D eigenvalue weighted by Crippen LogP contribution is 2.14. The van der Waals surface area contributed by atoms with Gasteiger partial charge in [0.25, 0.3) is 0 Å². The number of rotatable bonds is 3. The van der Waals surface area contributed by atoms with Crippen LogP contribution in [-0.2, 0) is 0 Å². The van der Waals surface area contributed by atoms with Crippen molar-refractivity contribution < 1.29 is 4.74 Å². The molecule has 1 nitrogen and oxygen atoms in total. The summed E-state index contributed by atoms with van der Waals surface area (Å²) in [6.45, 7) is 5.03. The van der Waals surface area contributed by atoms with Crippen molar-refractivity contribution in [1.29, 1.82) is 0 Å². The van der Waals surface area contributed by atoms with Crippen molar-refractivity contribution in [3.63, 3.8) is 0 Å². The Morgan fingerprint density at radius 3 is 2.33 bits per heavy atom. The quantitative estimate of drug-likeness (QED) is 0.707. The predicted octanol–water partition coefficient (Wildman–Crippen LogP) is 3.01. The Morgan fingerprint density at radius 2 is 1.83 bits per heavy atom. The van der Waals surface area contributed by atoms with Gasteiger partial charge >= 0.3 is 0 Å². The van der Waals surface area contributed by atoms with Crippen LogP contribution in [0.15, 0.2) is 29.2 Å². The molecule has 2 heteroatoms. The summed E-state index contributed by atoms with van der Waals surface area (Å²) in [5.74, 6) is 1.49. The minimum atomic E-state index is 0.570. The van der Waals surface area contributed by atoms with Crippen LogP contribution in [0.4, 0.5) is 0 Å². The Labute approximate surface area is 79.2 Å². The lowest BCUT2D eigenvalue weighted by molar-refractivity contribution is 0.271. The largest absolute Gasteiger partial charge is 0.493 e. The van der Waals surface area contributed by atoms with Gasteiger partial charge in [0.1, 0.15) is 5.75 Å². The Kier molecular flexibility index (Phi) is 3.48. The third-order valence-electron chi connectivity index (χ3n) is 1.42. The topological polar surface area (TPSA) is 9.23 Å². The lowest BCUT2D eigenvalue weighted by Crippen LogP contribution is -2.04. The van der Waals surface area contributed by atoms with Crippen LogP contribution in [0.3, 0.4) is 0 Å². The summed E-state index contributed by atoms with van der Waals surface area (Å²) in [6, 6.07) is 7.73. The summed E-state index contributed by atoms with van der Waals surface area (Å²) in [4.78, 5) is 0.965. The van der Waals surface area contributed by atoms with Crippen LogP contribution >= 0.6 is 12.6 Å². The molecule has 0 atom stereocenters. The van der Waals surface area contributed by atoms with Crippen molar-refractivity contribution >= 4 is 12.6 Å². The molecule has 0 bridgehead atoms. The van der Waals surface area contributed by atoms with Gasteiger partial charge in [-0.3, -0.25) is 0 Å². The second-order valence-electron chi connectivity index (χ2n) is 3.20. The molecular weight excluding hydrogens is 168 g/mol. The molecule has 66 valence electrons. The zero-order valence-electron chi connectivity index (χ0n) is 7.45. The van der Waals surface area contributed by atoms with Gasteiger partial charge in [0, 0.05) is 4.90 Å². The fraction of sp³-hybridized carbons (Fsp3) is 0.400. The van der Waals surface area contributed by atoms with Crippen molar-refractivity contribution in [1.82, 2.24) is 0 Å². The minimum Gasteiger partial charge on any atom is -0.493 e. The maximum Gasteiger partial charge on any atom is 0.119 e. The average Bonchev–Trinajstić information content (AvgIpc) is 2.03. The Morgan fingerprint density at radius 1 is 1.25 bits per heavy atom. The molecule has 0 spiro atoms. The number of benzene rings is 1. The molecule has 0 aliphatic carbocycles. The van der Waals surface area contributed by atoms with Gasteiger partial charge in [-0.05, 0) is 30.2 Å². The molecule has 0 aromatic heterocycles. The van der Waals surface area contributed by atoms with Gasteiger partial charge in [0.2, 0.25) is 0 Å². The SMILES string of the molecule is CC(C)COc1ccc(S)cc1. The molecule has 0 saturated carbocycles. The third-order valence-corrected chi connectivity index (χ3v) is 1.72. The van der Waals surface area contributed by atoms with Crippen molar-refractivity contribution in [2.75, 3.05) is 6.61 Å². The monoisotopic (exact) mass is 182 g/mol. The van der Waals surface area contributed by atoms with Crippen LogP contribution in [0.2, 0.25) is 0 Å². The summed E-state index contributed by atoms with van der Waals surface area (Å²) in [5.41, 5.74) is 0. The lowest BCUT2D eigenvalue weighted by atomic mass is 10.2. The molecule has 0 fully saturated rings. The van der Waals surface area contributed by atoms with E-state index in [9.17, 15) is 0 Å². The van der Waals surface area contributed by atoms with Crippen LogP contribution in [0, 0.1) is 5.92 Å². The van der Waals surface area contributed by atoms with E-state index in [-0.39, 0.29) is 0 Å². The molecule has 1 aromatic carbocycles. The smallest absolute Gasteiger partial charge is 0.119 e. The Balaban J connectivity index is 2.48. The van der Waals surface area contributed by atoms with E-state index in [1.165, 1.54) is 0 Å². The van der Waals surface area contributed by atoms with Crippen LogP contribution in [0.1, 0.15) is 13.8 Å². The van der Waals surface area contributed by atoms with Gasteiger partial charge in [-0.2, -0.15) is 0 Å². The molecule has 0 aliphatic heterocycles. The van der Waals surface area contributed by atoms with Crippen molar-refractivity contribution in [2.45, 2.75) is 18.7 Å². The van der Waals surface area contributed by atoms with Crippen LogP contribution in [0.25, 0.3) is 0 Å². The first-order valence-electron chi connectivity index (χ1n) is 4.10. The fourth-order valence-electron chi connectivity index (χ4n) is 0.805. The molecule has 1 rings (SSSR count). The first kappa shape index (κ1) is 9.46. The fourth-order valence-corrected chi connectivity index (χ4v) is 0.954. The van der Waals surface area contributed by atoms with Crippen molar-refractivity contribution in [3.8, 4) is 5.75 Å². The standard InChI is InChI=1S/C10H14OS/c1-8(2)7-11-9-3-5-10(12)6-4-9/h3-6,8,12H,7H2,1-2H3.